The van der Waals surface area contributed by atoms with Crippen LogP contribution in [0.3, 0.4) is 0 Å². The Balaban J connectivity index is 1.84. The fourth-order valence-corrected chi connectivity index (χ4v) is 3.15. The summed E-state index contributed by atoms with van der Waals surface area (Å²) in [5.74, 6) is -2.62. The van der Waals surface area contributed by atoms with Gasteiger partial charge in [-0.15, -0.1) is 11.8 Å². The van der Waals surface area contributed by atoms with E-state index in [0.717, 1.165) is 12.1 Å². The van der Waals surface area contributed by atoms with E-state index in [0.29, 0.717) is 30.0 Å². The van der Waals surface area contributed by atoms with Crippen LogP contribution in [0.5, 0.6) is 0 Å². The highest BCUT2D eigenvalue weighted by Gasteiger charge is 2.33. The second kappa shape index (κ2) is 6.89. The van der Waals surface area contributed by atoms with Gasteiger partial charge < -0.3 is 10.0 Å². The fourth-order valence-electron chi connectivity index (χ4n) is 2.29. The lowest BCUT2D eigenvalue weighted by Crippen LogP contribution is -2.40. The number of halogens is 2. The minimum absolute atomic E-state index is 0.174. The predicted octanol–water partition coefficient (Wildman–Crippen LogP) is 2.52. The molecule has 0 spiro atoms. The molecule has 114 valence electrons. The maximum Gasteiger partial charge on any atom is 0.326 e. The summed E-state index contributed by atoms with van der Waals surface area (Å²) in [5, 5.41) is 9.02. The third kappa shape index (κ3) is 3.93. The van der Waals surface area contributed by atoms with Crippen LogP contribution in [0.15, 0.2) is 23.1 Å². The van der Waals surface area contributed by atoms with Crippen LogP contribution in [0, 0.1) is 11.6 Å². The number of likely N-dealkylation sites (tertiary alicyclic amines) is 1. The van der Waals surface area contributed by atoms with Crippen molar-refractivity contribution in [2.75, 3.05) is 12.3 Å². The number of thioether (sulfide) groups is 1. The maximum absolute atomic E-state index is 13.0. The number of carbonyl (C=O) groups is 2. The third-order valence-corrected chi connectivity index (χ3v) is 4.33. The molecular weight excluding hydrogens is 300 g/mol. The molecule has 0 aliphatic carbocycles. The van der Waals surface area contributed by atoms with Crippen LogP contribution in [-0.2, 0) is 9.59 Å². The van der Waals surface area contributed by atoms with E-state index in [4.69, 9.17) is 5.11 Å². The van der Waals surface area contributed by atoms with Gasteiger partial charge in [0.05, 0.1) is 0 Å². The average molecular weight is 315 g/mol. The number of aliphatic carboxylic acids is 1. The molecular formula is C14H15F2NO3S. The summed E-state index contributed by atoms with van der Waals surface area (Å²) in [7, 11) is 0. The van der Waals surface area contributed by atoms with Crippen molar-refractivity contribution in [3.63, 3.8) is 0 Å². The zero-order valence-electron chi connectivity index (χ0n) is 11.2. The summed E-state index contributed by atoms with van der Waals surface area (Å²) in [4.78, 5) is 24.9. The van der Waals surface area contributed by atoms with Gasteiger partial charge in [0.1, 0.15) is 6.04 Å². The Morgan fingerprint density at radius 2 is 2.10 bits per heavy atom. The van der Waals surface area contributed by atoms with Gasteiger partial charge in [-0.3, -0.25) is 4.79 Å². The first-order valence-electron chi connectivity index (χ1n) is 6.59. The van der Waals surface area contributed by atoms with E-state index in [9.17, 15) is 18.4 Å². The van der Waals surface area contributed by atoms with Crippen LogP contribution in [0.1, 0.15) is 19.3 Å². The number of carbonyl (C=O) groups excluding carboxylic acids is 1. The van der Waals surface area contributed by atoms with Gasteiger partial charge in [-0.05, 0) is 31.0 Å². The van der Waals surface area contributed by atoms with Crippen molar-refractivity contribution in [2.24, 2.45) is 0 Å². The van der Waals surface area contributed by atoms with Crippen molar-refractivity contribution in [2.45, 2.75) is 30.2 Å². The number of benzene rings is 1. The summed E-state index contributed by atoms with van der Waals surface area (Å²) < 4.78 is 25.8. The average Bonchev–Trinajstić information content (AvgIpc) is 2.92. The first-order chi connectivity index (χ1) is 9.99. The standard InChI is InChI=1S/C14H15F2NO3S/c15-10-4-3-9(8-11(10)16)21-7-5-13(18)17-6-1-2-12(17)14(19)20/h3-4,8,12H,1-2,5-7H2,(H,19,20)/t12-/m0/s1. The topological polar surface area (TPSA) is 57.6 Å². The molecule has 1 aromatic carbocycles. The highest BCUT2D eigenvalue weighted by molar-refractivity contribution is 7.99. The molecule has 1 heterocycles. The molecule has 1 aliphatic heterocycles. The van der Waals surface area contributed by atoms with Gasteiger partial charge in [0.2, 0.25) is 5.91 Å². The number of carboxylic acid groups (broad SMARTS) is 1. The monoisotopic (exact) mass is 315 g/mol. The summed E-state index contributed by atoms with van der Waals surface area (Å²) in [6.45, 7) is 0.464. The van der Waals surface area contributed by atoms with Crippen molar-refractivity contribution >= 4 is 23.6 Å². The highest BCUT2D eigenvalue weighted by Crippen LogP contribution is 2.23. The minimum atomic E-state index is -0.978. The number of rotatable bonds is 5. The van der Waals surface area contributed by atoms with Gasteiger partial charge in [0.25, 0.3) is 0 Å². The second-order valence-corrected chi connectivity index (χ2v) is 5.93. The van der Waals surface area contributed by atoms with Crippen LogP contribution < -0.4 is 0 Å². The summed E-state index contributed by atoms with van der Waals surface area (Å²) in [6, 6.07) is 2.84. The molecule has 1 saturated heterocycles. The summed E-state index contributed by atoms with van der Waals surface area (Å²) in [5.41, 5.74) is 0. The molecule has 2 rings (SSSR count). The molecule has 7 heteroatoms. The molecule has 1 fully saturated rings. The quantitative estimate of drug-likeness (QED) is 0.848. The van der Waals surface area contributed by atoms with Crippen LogP contribution in [0.4, 0.5) is 8.78 Å². The van der Waals surface area contributed by atoms with Gasteiger partial charge in [0, 0.05) is 23.6 Å². The number of amides is 1. The van der Waals surface area contributed by atoms with Gasteiger partial charge in [-0.25, -0.2) is 13.6 Å². The van der Waals surface area contributed by atoms with E-state index in [2.05, 4.69) is 0 Å². The first kappa shape index (κ1) is 15.8. The molecule has 1 aromatic rings. The van der Waals surface area contributed by atoms with Crippen LogP contribution in [0.25, 0.3) is 0 Å². The Bertz CT molecular complexity index is 553. The molecule has 1 amide bonds. The van der Waals surface area contributed by atoms with Crippen molar-refractivity contribution in [3.05, 3.63) is 29.8 Å². The minimum Gasteiger partial charge on any atom is -0.480 e. The molecule has 0 radical (unpaired) electrons. The van der Waals surface area contributed by atoms with Crippen molar-refractivity contribution < 1.29 is 23.5 Å². The molecule has 0 aromatic heterocycles. The van der Waals surface area contributed by atoms with E-state index >= 15 is 0 Å². The van der Waals surface area contributed by atoms with Gasteiger partial charge in [-0.2, -0.15) is 0 Å². The van der Waals surface area contributed by atoms with E-state index in [-0.39, 0.29) is 12.3 Å². The Hall–Kier alpha value is -1.63. The summed E-state index contributed by atoms with van der Waals surface area (Å²) in [6.07, 6.45) is 1.35. The molecule has 1 N–H and O–H groups in total. The van der Waals surface area contributed by atoms with E-state index in [1.165, 1.54) is 22.7 Å². The number of carboxylic acids is 1. The number of hydrogen-bond donors (Lipinski definition) is 1. The largest absolute Gasteiger partial charge is 0.480 e. The van der Waals surface area contributed by atoms with Gasteiger partial charge in [-0.1, -0.05) is 0 Å². The normalized spacial score (nSPS) is 18.0. The lowest BCUT2D eigenvalue weighted by Gasteiger charge is -2.21. The SMILES string of the molecule is O=C(O)[C@@H]1CCCN1C(=O)CCSc1ccc(F)c(F)c1. The molecule has 1 atom stereocenters. The van der Waals surface area contributed by atoms with Crippen molar-refractivity contribution in [3.8, 4) is 0 Å². The molecule has 21 heavy (non-hydrogen) atoms. The van der Waals surface area contributed by atoms with Gasteiger partial charge >= 0.3 is 5.97 Å². The molecule has 0 bridgehead atoms. The predicted molar refractivity (Wildman–Crippen MR) is 74.1 cm³/mol. The maximum atomic E-state index is 13.0. The summed E-state index contributed by atoms with van der Waals surface area (Å²) >= 11 is 1.24. The zero-order valence-corrected chi connectivity index (χ0v) is 12.0. The number of nitrogens with zero attached hydrogens (tertiary/aromatic N) is 1. The zero-order chi connectivity index (χ0) is 15.4. The van der Waals surface area contributed by atoms with Crippen molar-refractivity contribution in [1.82, 2.24) is 4.90 Å². The highest BCUT2D eigenvalue weighted by atomic mass is 32.2. The second-order valence-electron chi connectivity index (χ2n) is 4.76. The Morgan fingerprint density at radius 1 is 1.33 bits per heavy atom. The first-order valence-corrected chi connectivity index (χ1v) is 7.57. The van der Waals surface area contributed by atoms with Crippen LogP contribution >= 0.6 is 11.8 Å². The fraction of sp³-hybridized carbons (Fsp3) is 0.429. The lowest BCUT2D eigenvalue weighted by atomic mass is 10.2. The Morgan fingerprint density at radius 3 is 2.76 bits per heavy atom. The molecule has 4 nitrogen and oxygen atoms in total. The number of hydrogen-bond acceptors (Lipinski definition) is 3. The van der Waals surface area contributed by atoms with E-state index in [1.54, 1.807) is 0 Å². The van der Waals surface area contributed by atoms with Crippen molar-refractivity contribution in [1.29, 1.82) is 0 Å². The Kier molecular flexibility index (Phi) is 5.17. The van der Waals surface area contributed by atoms with E-state index in [1.807, 2.05) is 0 Å². The Labute approximate surface area is 125 Å². The van der Waals surface area contributed by atoms with Crippen LogP contribution in [0.2, 0.25) is 0 Å². The molecule has 1 aliphatic rings. The van der Waals surface area contributed by atoms with Crippen LogP contribution in [-0.4, -0.2) is 40.2 Å². The smallest absolute Gasteiger partial charge is 0.326 e. The third-order valence-electron chi connectivity index (χ3n) is 3.33. The molecule has 0 unspecified atom stereocenters. The lowest BCUT2D eigenvalue weighted by molar-refractivity contribution is -0.148. The molecule has 0 saturated carbocycles. The van der Waals surface area contributed by atoms with Gasteiger partial charge in [0.15, 0.2) is 11.6 Å². The van der Waals surface area contributed by atoms with E-state index < -0.39 is 23.6 Å².